The van der Waals surface area contributed by atoms with Crippen molar-refractivity contribution in [2.45, 2.75) is 72.4 Å². The van der Waals surface area contributed by atoms with Gasteiger partial charge in [0.2, 0.25) is 5.91 Å². The minimum Gasteiger partial charge on any atom is -0.444 e. The van der Waals surface area contributed by atoms with E-state index in [1.165, 1.54) is 11.3 Å². The molecule has 0 bridgehead atoms. The Balaban J connectivity index is 1.73. The van der Waals surface area contributed by atoms with Crippen LogP contribution in [-0.2, 0) is 9.53 Å². The van der Waals surface area contributed by atoms with Crippen LogP contribution in [0, 0.1) is 19.8 Å². The summed E-state index contributed by atoms with van der Waals surface area (Å²) < 4.78 is 5.40. The lowest BCUT2D eigenvalue weighted by Gasteiger charge is -2.35. The van der Waals surface area contributed by atoms with Gasteiger partial charge in [0.25, 0.3) is 0 Å². The maximum absolute atomic E-state index is 12.6. The summed E-state index contributed by atoms with van der Waals surface area (Å²) in [7, 11) is 1.79. The maximum Gasteiger partial charge on any atom is 0.410 e. The first-order valence-corrected chi connectivity index (χ1v) is 11.2. The van der Waals surface area contributed by atoms with Crippen molar-refractivity contribution in [1.82, 2.24) is 14.8 Å². The molecule has 0 aromatic carbocycles. The number of aromatic nitrogens is 1. The molecule has 164 valence electrons. The fourth-order valence-electron chi connectivity index (χ4n) is 3.34. The van der Waals surface area contributed by atoms with E-state index >= 15 is 0 Å². The van der Waals surface area contributed by atoms with Gasteiger partial charge < -0.3 is 15.0 Å². The highest BCUT2D eigenvalue weighted by atomic mass is 32.1. The number of piperidine rings is 1. The molecule has 1 unspecified atom stereocenters. The number of amides is 2. The van der Waals surface area contributed by atoms with Crippen molar-refractivity contribution in [2.24, 2.45) is 5.92 Å². The van der Waals surface area contributed by atoms with Gasteiger partial charge >= 0.3 is 6.09 Å². The lowest BCUT2D eigenvalue weighted by atomic mass is 9.92. The number of ether oxygens (including phenoxy) is 1. The summed E-state index contributed by atoms with van der Waals surface area (Å²) in [6.07, 6.45) is 2.76. The Bertz CT molecular complexity index is 686. The molecule has 0 spiro atoms. The average Bonchev–Trinajstić information content (AvgIpc) is 2.95. The topological polar surface area (TPSA) is 74.8 Å². The van der Waals surface area contributed by atoms with Gasteiger partial charge in [0.1, 0.15) is 5.60 Å². The number of carbonyl (C=O) groups is 2. The molecule has 0 aliphatic carbocycles. The molecule has 1 fully saturated rings. The molecule has 0 saturated carbocycles. The van der Waals surface area contributed by atoms with E-state index in [9.17, 15) is 9.59 Å². The molecule has 2 amide bonds. The van der Waals surface area contributed by atoms with Gasteiger partial charge in [-0.2, -0.15) is 0 Å². The molecule has 29 heavy (non-hydrogen) atoms. The molecule has 1 saturated heterocycles. The van der Waals surface area contributed by atoms with Crippen LogP contribution in [0.25, 0.3) is 0 Å². The van der Waals surface area contributed by atoms with Crippen LogP contribution in [0.3, 0.4) is 0 Å². The summed E-state index contributed by atoms with van der Waals surface area (Å²) in [6.45, 7) is 14.0. The number of hydrogen-bond acceptors (Lipinski definition) is 6. The van der Waals surface area contributed by atoms with Crippen LogP contribution in [0.15, 0.2) is 0 Å². The number of carbonyl (C=O) groups excluding carboxylic acids is 2. The number of rotatable bonds is 6. The number of nitrogens with one attached hydrogen (secondary N) is 1. The molecule has 8 heteroatoms. The summed E-state index contributed by atoms with van der Waals surface area (Å²) in [5.74, 6) is 0.567. The van der Waals surface area contributed by atoms with E-state index in [2.05, 4.69) is 15.2 Å². The van der Waals surface area contributed by atoms with E-state index in [1.807, 2.05) is 41.5 Å². The van der Waals surface area contributed by atoms with Gasteiger partial charge in [0.05, 0.1) is 11.7 Å². The van der Waals surface area contributed by atoms with Crippen molar-refractivity contribution in [3.8, 4) is 0 Å². The quantitative estimate of drug-likeness (QED) is 0.745. The molecule has 1 N–H and O–H groups in total. The van der Waals surface area contributed by atoms with E-state index in [4.69, 9.17) is 4.74 Å². The largest absolute Gasteiger partial charge is 0.444 e. The molecule has 1 aromatic rings. The maximum atomic E-state index is 12.6. The van der Waals surface area contributed by atoms with Crippen molar-refractivity contribution in [2.75, 3.05) is 32.0 Å². The number of hydrogen-bond donors (Lipinski definition) is 1. The smallest absolute Gasteiger partial charge is 0.410 e. The third-order valence-electron chi connectivity index (χ3n) is 5.41. The zero-order chi connectivity index (χ0) is 21.8. The van der Waals surface area contributed by atoms with Crippen LogP contribution >= 0.6 is 11.3 Å². The highest BCUT2D eigenvalue weighted by molar-refractivity contribution is 7.15. The lowest BCUT2D eigenvalue weighted by molar-refractivity contribution is -0.121. The minimum absolute atomic E-state index is 0.00172. The molecule has 2 rings (SSSR count). The van der Waals surface area contributed by atoms with Gasteiger partial charge in [-0.3, -0.25) is 9.69 Å². The second-order valence-corrected chi connectivity index (χ2v) is 10.2. The van der Waals surface area contributed by atoms with E-state index in [-0.39, 0.29) is 18.0 Å². The fourth-order valence-corrected chi connectivity index (χ4v) is 4.16. The molecule has 2 heterocycles. The third-order valence-corrected chi connectivity index (χ3v) is 6.40. The predicted molar refractivity (Wildman–Crippen MR) is 117 cm³/mol. The van der Waals surface area contributed by atoms with Gasteiger partial charge in [0, 0.05) is 18.5 Å². The summed E-state index contributed by atoms with van der Waals surface area (Å²) >= 11 is 1.52. The molecule has 1 aliphatic heterocycles. The molecule has 1 atom stereocenters. The van der Waals surface area contributed by atoms with Crippen molar-refractivity contribution < 1.29 is 14.3 Å². The van der Waals surface area contributed by atoms with Crippen LogP contribution in [0.5, 0.6) is 0 Å². The monoisotopic (exact) mass is 424 g/mol. The first kappa shape index (κ1) is 23.6. The molecular weight excluding hydrogens is 388 g/mol. The van der Waals surface area contributed by atoms with Crippen molar-refractivity contribution in [3.63, 3.8) is 0 Å². The van der Waals surface area contributed by atoms with E-state index in [0.717, 1.165) is 42.9 Å². The summed E-state index contributed by atoms with van der Waals surface area (Å²) in [4.78, 5) is 34.1. The van der Waals surface area contributed by atoms with Crippen LogP contribution in [0.1, 0.15) is 57.5 Å². The summed E-state index contributed by atoms with van der Waals surface area (Å²) in [5, 5.41) is 3.63. The highest BCUT2D eigenvalue weighted by Gasteiger charge is 2.28. The predicted octanol–water partition coefficient (Wildman–Crippen LogP) is 4.06. The zero-order valence-electron chi connectivity index (χ0n) is 18.9. The zero-order valence-corrected chi connectivity index (χ0v) is 19.7. The van der Waals surface area contributed by atoms with Gasteiger partial charge in [-0.1, -0.05) is 0 Å². The van der Waals surface area contributed by atoms with E-state index in [0.29, 0.717) is 17.6 Å². The first-order valence-electron chi connectivity index (χ1n) is 10.4. The molecular formula is C21H36N4O3S. The fraction of sp³-hybridized carbons (Fsp3) is 0.762. The summed E-state index contributed by atoms with van der Waals surface area (Å²) in [5.41, 5.74) is 0.499. The van der Waals surface area contributed by atoms with Gasteiger partial charge in [0.15, 0.2) is 5.13 Å². The molecule has 1 aromatic heterocycles. The SMILES string of the molecule is Cc1nc(NC(=O)C(C)N2CCC(CCN(C)C(=O)OC(C)(C)C)CC2)sc1C. The Hall–Kier alpha value is -1.67. The van der Waals surface area contributed by atoms with Crippen molar-refractivity contribution >= 4 is 28.5 Å². The number of likely N-dealkylation sites (tertiary alicyclic amines) is 1. The number of anilines is 1. The standard InChI is InChI=1S/C21H36N4O3S/c1-14-16(3)29-19(22-14)23-18(26)15(2)25-12-9-17(10-13-25)8-11-24(7)20(27)28-21(4,5)6/h15,17H,8-13H2,1-7H3,(H,22,23,26). The first-order chi connectivity index (χ1) is 13.5. The number of thiazole rings is 1. The molecule has 7 nitrogen and oxygen atoms in total. The van der Waals surface area contributed by atoms with Crippen LogP contribution in [0.2, 0.25) is 0 Å². The Morgan fingerprint density at radius 2 is 1.93 bits per heavy atom. The minimum atomic E-state index is -0.469. The summed E-state index contributed by atoms with van der Waals surface area (Å²) in [6, 6.07) is -0.176. The second kappa shape index (κ2) is 9.89. The second-order valence-electron chi connectivity index (χ2n) is 9.00. The highest BCUT2D eigenvalue weighted by Crippen LogP contribution is 2.24. The van der Waals surface area contributed by atoms with Crippen molar-refractivity contribution in [3.05, 3.63) is 10.6 Å². The van der Waals surface area contributed by atoms with Gasteiger partial charge in [-0.05, 0) is 79.8 Å². The van der Waals surface area contributed by atoms with Crippen molar-refractivity contribution in [1.29, 1.82) is 0 Å². The van der Waals surface area contributed by atoms with Gasteiger partial charge in [-0.25, -0.2) is 9.78 Å². The molecule has 0 radical (unpaired) electrons. The Labute approximate surface area is 178 Å². The number of nitrogens with zero attached hydrogens (tertiary/aromatic N) is 3. The molecule has 1 aliphatic rings. The Kier molecular flexibility index (Phi) is 8.05. The van der Waals surface area contributed by atoms with Crippen LogP contribution in [-0.4, -0.2) is 65.1 Å². The van der Waals surface area contributed by atoms with E-state index in [1.54, 1.807) is 11.9 Å². The van der Waals surface area contributed by atoms with Crippen LogP contribution < -0.4 is 5.32 Å². The Morgan fingerprint density at radius 3 is 2.45 bits per heavy atom. The van der Waals surface area contributed by atoms with Gasteiger partial charge in [-0.15, -0.1) is 11.3 Å². The normalized spacial score (nSPS) is 17.1. The van der Waals surface area contributed by atoms with Crippen LogP contribution in [0.4, 0.5) is 9.93 Å². The lowest BCUT2D eigenvalue weighted by Crippen LogP contribution is -2.46. The van der Waals surface area contributed by atoms with E-state index < -0.39 is 5.60 Å². The number of aryl methyl sites for hydroxylation is 2. The average molecular weight is 425 g/mol. The third kappa shape index (κ3) is 7.26. The Morgan fingerprint density at radius 1 is 1.31 bits per heavy atom.